The summed E-state index contributed by atoms with van der Waals surface area (Å²) in [7, 11) is 0. The van der Waals surface area contributed by atoms with Crippen LogP contribution in [-0.2, 0) is 0 Å². The molecule has 1 N–H and O–H groups in total. The van der Waals surface area contributed by atoms with Crippen molar-refractivity contribution < 1.29 is 9.90 Å². The summed E-state index contributed by atoms with van der Waals surface area (Å²) in [5.74, 6) is -0.156. The van der Waals surface area contributed by atoms with Gasteiger partial charge in [-0.25, -0.2) is 0 Å². The summed E-state index contributed by atoms with van der Waals surface area (Å²) in [6.45, 7) is 4.19. The zero-order valence-electron chi connectivity index (χ0n) is 9.20. The van der Waals surface area contributed by atoms with Gasteiger partial charge in [-0.15, -0.1) is 6.58 Å². The second kappa shape index (κ2) is 6.79. The van der Waals surface area contributed by atoms with Gasteiger partial charge >= 0.3 is 0 Å². The minimum atomic E-state index is -0.156. The molecule has 0 fully saturated rings. The number of hydrogen-bond donors (Lipinski definition) is 1. The number of hydrogen-bond acceptors (Lipinski definition) is 2. The number of aliphatic hydroxyl groups is 1. The lowest BCUT2D eigenvalue weighted by Gasteiger charge is -2.20. The summed E-state index contributed by atoms with van der Waals surface area (Å²) in [6, 6.07) is 4.98. The van der Waals surface area contributed by atoms with Crippen molar-refractivity contribution in [3.63, 3.8) is 0 Å². The fourth-order valence-corrected chi connectivity index (χ4v) is 1.86. The van der Waals surface area contributed by atoms with E-state index in [0.29, 0.717) is 21.6 Å². The highest BCUT2D eigenvalue weighted by Gasteiger charge is 2.14. The number of nitrogens with zero attached hydrogens (tertiary/aromatic N) is 1. The van der Waals surface area contributed by atoms with Gasteiger partial charge < -0.3 is 10.0 Å². The van der Waals surface area contributed by atoms with E-state index in [0.717, 1.165) is 0 Å². The topological polar surface area (TPSA) is 40.5 Å². The lowest BCUT2D eigenvalue weighted by molar-refractivity contribution is 0.0743. The average molecular weight is 319 g/mol. The first-order valence-corrected chi connectivity index (χ1v) is 6.23. The molecule has 0 aliphatic carbocycles. The van der Waals surface area contributed by atoms with Crippen molar-refractivity contribution >= 4 is 33.4 Å². The average Bonchev–Trinajstić information content (AvgIpc) is 2.31. The smallest absolute Gasteiger partial charge is 0.254 e. The van der Waals surface area contributed by atoms with Gasteiger partial charge in [-0.05, 0) is 34.1 Å². The van der Waals surface area contributed by atoms with Crippen LogP contribution in [-0.4, -0.2) is 35.6 Å². The molecule has 0 aliphatic heterocycles. The normalized spacial score (nSPS) is 10.1. The number of halogens is 2. The fourth-order valence-electron chi connectivity index (χ4n) is 1.36. The molecule has 1 aromatic rings. The third kappa shape index (κ3) is 3.84. The Bertz CT molecular complexity index is 423. The maximum absolute atomic E-state index is 12.1. The van der Waals surface area contributed by atoms with Crippen molar-refractivity contribution in [2.24, 2.45) is 0 Å². The van der Waals surface area contributed by atoms with Crippen LogP contribution in [0.4, 0.5) is 0 Å². The van der Waals surface area contributed by atoms with E-state index in [9.17, 15) is 4.79 Å². The molecule has 1 rings (SSSR count). The van der Waals surface area contributed by atoms with Crippen molar-refractivity contribution in [1.29, 1.82) is 0 Å². The number of rotatable bonds is 5. The third-order valence-electron chi connectivity index (χ3n) is 2.17. The van der Waals surface area contributed by atoms with Crippen molar-refractivity contribution in [3.8, 4) is 0 Å². The summed E-state index contributed by atoms with van der Waals surface area (Å²) in [6.07, 6.45) is 1.62. The van der Waals surface area contributed by atoms with Crippen molar-refractivity contribution in [1.82, 2.24) is 4.90 Å². The van der Waals surface area contributed by atoms with Crippen LogP contribution in [0, 0.1) is 0 Å². The van der Waals surface area contributed by atoms with Crippen molar-refractivity contribution in [3.05, 3.63) is 45.9 Å². The van der Waals surface area contributed by atoms with Crippen LogP contribution >= 0.6 is 27.5 Å². The molecule has 1 aromatic carbocycles. The number of carbonyl (C=O) groups is 1. The van der Waals surface area contributed by atoms with Crippen LogP contribution in [0.25, 0.3) is 0 Å². The van der Waals surface area contributed by atoms with Gasteiger partial charge in [0.25, 0.3) is 5.91 Å². The van der Waals surface area contributed by atoms with Crippen LogP contribution in [0.15, 0.2) is 35.3 Å². The Labute approximate surface area is 114 Å². The molecule has 3 nitrogen and oxygen atoms in total. The molecule has 0 aliphatic rings. The highest BCUT2D eigenvalue weighted by Crippen LogP contribution is 2.23. The zero-order valence-corrected chi connectivity index (χ0v) is 11.5. The molecule has 0 unspecified atom stereocenters. The summed E-state index contributed by atoms with van der Waals surface area (Å²) < 4.78 is 0.674. The van der Waals surface area contributed by atoms with Gasteiger partial charge in [0.05, 0.1) is 11.6 Å². The van der Waals surface area contributed by atoms with E-state index in [1.807, 2.05) is 0 Å². The molecule has 0 bridgehead atoms. The lowest BCUT2D eigenvalue weighted by atomic mass is 10.2. The molecule has 0 spiro atoms. The monoisotopic (exact) mass is 317 g/mol. The van der Waals surface area contributed by atoms with Crippen LogP contribution in [0.3, 0.4) is 0 Å². The van der Waals surface area contributed by atoms with Gasteiger partial charge in [-0.3, -0.25) is 4.79 Å². The Morgan fingerprint density at radius 3 is 2.82 bits per heavy atom. The fraction of sp³-hybridized carbons (Fsp3) is 0.250. The number of aliphatic hydroxyl groups excluding tert-OH is 1. The molecule has 0 aromatic heterocycles. The van der Waals surface area contributed by atoms with Crippen LogP contribution in [0.1, 0.15) is 10.4 Å². The maximum atomic E-state index is 12.1. The molecule has 17 heavy (non-hydrogen) atoms. The molecule has 0 heterocycles. The quantitative estimate of drug-likeness (QED) is 0.848. The summed E-state index contributed by atoms with van der Waals surface area (Å²) in [5.41, 5.74) is 0.525. The molecule has 0 saturated carbocycles. The Balaban J connectivity index is 2.92. The number of carbonyl (C=O) groups excluding carboxylic acids is 1. The van der Waals surface area contributed by atoms with Crippen molar-refractivity contribution in [2.75, 3.05) is 19.7 Å². The standard InChI is InChI=1S/C12H13BrClNO2/c1-2-5-15(6-7-16)12(17)9-3-4-11(14)10(13)8-9/h2-4,8,16H,1,5-7H2. The van der Waals surface area contributed by atoms with E-state index in [4.69, 9.17) is 16.7 Å². The Morgan fingerprint density at radius 1 is 1.59 bits per heavy atom. The predicted octanol–water partition coefficient (Wildman–Crippen LogP) is 2.72. The van der Waals surface area contributed by atoms with Crippen molar-refractivity contribution in [2.45, 2.75) is 0 Å². The molecular formula is C12H13BrClNO2. The summed E-state index contributed by atoms with van der Waals surface area (Å²) in [4.78, 5) is 13.6. The highest BCUT2D eigenvalue weighted by molar-refractivity contribution is 9.10. The Morgan fingerprint density at radius 2 is 2.29 bits per heavy atom. The molecule has 0 radical (unpaired) electrons. The van der Waals surface area contributed by atoms with Gasteiger partial charge in [0, 0.05) is 23.1 Å². The first-order valence-electron chi connectivity index (χ1n) is 5.06. The van der Waals surface area contributed by atoms with Gasteiger partial charge in [-0.2, -0.15) is 0 Å². The Hall–Kier alpha value is -0.840. The minimum Gasteiger partial charge on any atom is -0.395 e. The van der Waals surface area contributed by atoms with Crippen LogP contribution in [0.2, 0.25) is 5.02 Å². The van der Waals surface area contributed by atoms with E-state index in [1.54, 1.807) is 24.3 Å². The predicted molar refractivity (Wildman–Crippen MR) is 72.3 cm³/mol. The number of benzene rings is 1. The minimum absolute atomic E-state index is 0.0751. The number of amides is 1. The molecule has 0 atom stereocenters. The van der Waals surface area contributed by atoms with E-state index >= 15 is 0 Å². The summed E-state index contributed by atoms with van der Waals surface area (Å²) >= 11 is 9.13. The molecule has 92 valence electrons. The van der Waals surface area contributed by atoms with Gasteiger partial charge in [0.15, 0.2) is 0 Å². The molecular weight excluding hydrogens is 305 g/mol. The van der Waals surface area contributed by atoms with E-state index in [1.165, 1.54) is 4.90 Å². The maximum Gasteiger partial charge on any atom is 0.254 e. The van der Waals surface area contributed by atoms with Gasteiger partial charge in [0.1, 0.15) is 0 Å². The zero-order chi connectivity index (χ0) is 12.8. The molecule has 0 saturated heterocycles. The van der Waals surface area contributed by atoms with Crippen LogP contribution in [0.5, 0.6) is 0 Å². The largest absolute Gasteiger partial charge is 0.395 e. The van der Waals surface area contributed by atoms with E-state index in [-0.39, 0.29) is 19.1 Å². The highest BCUT2D eigenvalue weighted by atomic mass is 79.9. The second-order valence-electron chi connectivity index (χ2n) is 3.39. The SMILES string of the molecule is C=CCN(CCO)C(=O)c1ccc(Cl)c(Br)c1. The Kier molecular flexibility index (Phi) is 5.68. The lowest BCUT2D eigenvalue weighted by Crippen LogP contribution is -2.33. The second-order valence-corrected chi connectivity index (χ2v) is 4.65. The molecule has 5 heteroatoms. The molecule has 1 amide bonds. The van der Waals surface area contributed by atoms with Gasteiger partial charge in [0.2, 0.25) is 0 Å². The van der Waals surface area contributed by atoms with Gasteiger partial charge in [-0.1, -0.05) is 17.7 Å². The first-order chi connectivity index (χ1) is 8.10. The van der Waals surface area contributed by atoms with Crippen LogP contribution < -0.4 is 0 Å². The summed E-state index contributed by atoms with van der Waals surface area (Å²) in [5, 5.41) is 9.45. The van der Waals surface area contributed by atoms with E-state index < -0.39 is 0 Å². The van der Waals surface area contributed by atoms with E-state index in [2.05, 4.69) is 22.5 Å². The third-order valence-corrected chi connectivity index (χ3v) is 3.39. The first kappa shape index (κ1) is 14.2.